The number of hydrogen-bond acceptors (Lipinski definition) is 6. The molecule has 31 heavy (non-hydrogen) atoms. The number of thioether (sulfide) groups is 1. The number of nitrogens with zero attached hydrogens (tertiary/aromatic N) is 2. The number of nitrogens with one attached hydrogen (secondary N) is 1. The van der Waals surface area contributed by atoms with Crippen LogP contribution >= 0.6 is 35.3 Å². The van der Waals surface area contributed by atoms with Crippen molar-refractivity contribution in [2.45, 2.75) is 13.3 Å². The van der Waals surface area contributed by atoms with Gasteiger partial charge in [0.2, 0.25) is 5.91 Å². The van der Waals surface area contributed by atoms with Crippen LogP contribution in [0.15, 0.2) is 71.2 Å². The van der Waals surface area contributed by atoms with Crippen LogP contribution in [0.4, 0.5) is 5.13 Å². The van der Waals surface area contributed by atoms with E-state index < -0.39 is 0 Å². The fourth-order valence-corrected chi connectivity index (χ4v) is 5.31. The number of fused-ring (bicyclic) bond motifs is 1. The number of thiocarbonyl (C=S) groups is 1. The monoisotopic (exact) mass is 465 g/mol. The molecule has 2 heterocycles. The van der Waals surface area contributed by atoms with Crippen LogP contribution in [0, 0.1) is 0 Å². The molecule has 156 valence electrons. The van der Waals surface area contributed by atoms with Gasteiger partial charge in [-0.25, -0.2) is 4.98 Å². The molecular formula is C23H19N3O2S3. The Morgan fingerprint density at radius 1 is 1.16 bits per heavy atom. The highest BCUT2D eigenvalue weighted by Gasteiger charge is 2.32. The molecule has 1 aliphatic heterocycles. The molecule has 1 aromatic heterocycles. The van der Waals surface area contributed by atoms with Crippen LogP contribution in [0.1, 0.15) is 18.9 Å². The van der Waals surface area contributed by atoms with Crippen LogP contribution in [0.3, 0.4) is 0 Å². The van der Waals surface area contributed by atoms with Crippen molar-refractivity contribution in [2.24, 2.45) is 0 Å². The summed E-state index contributed by atoms with van der Waals surface area (Å²) in [5, 5.41) is 3.37. The van der Waals surface area contributed by atoms with Crippen molar-refractivity contribution < 1.29 is 9.59 Å². The van der Waals surface area contributed by atoms with Crippen molar-refractivity contribution in [3.63, 3.8) is 0 Å². The van der Waals surface area contributed by atoms with Crippen molar-refractivity contribution >= 4 is 72.9 Å². The average Bonchev–Trinajstić information content (AvgIpc) is 3.27. The quantitative estimate of drug-likeness (QED) is 0.386. The van der Waals surface area contributed by atoms with Gasteiger partial charge in [-0.05, 0) is 36.3 Å². The first kappa shape index (κ1) is 21.4. The summed E-state index contributed by atoms with van der Waals surface area (Å²) in [5.41, 5.74) is 2.88. The Morgan fingerprint density at radius 2 is 1.90 bits per heavy atom. The van der Waals surface area contributed by atoms with E-state index in [2.05, 4.69) is 10.3 Å². The number of benzene rings is 2. The zero-order valence-electron chi connectivity index (χ0n) is 16.7. The van der Waals surface area contributed by atoms with Crippen molar-refractivity contribution in [1.82, 2.24) is 9.88 Å². The molecule has 2 amide bonds. The van der Waals surface area contributed by atoms with E-state index in [4.69, 9.17) is 12.2 Å². The molecule has 0 saturated carbocycles. The molecule has 1 saturated heterocycles. The highest BCUT2D eigenvalue weighted by Crippen LogP contribution is 2.32. The van der Waals surface area contributed by atoms with Crippen LogP contribution in [0.5, 0.6) is 0 Å². The van der Waals surface area contributed by atoms with E-state index >= 15 is 0 Å². The minimum atomic E-state index is -0.197. The fourth-order valence-electron chi connectivity index (χ4n) is 3.07. The number of allylic oxidation sites excluding steroid dienone is 2. The van der Waals surface area contributed by atoms with Crippen LogP contribution in [-0.2, 0) is 9.59 Å². The van der Waals surface area contributed by atoms with E-state index in [1.54, 1.807) is 0 Å². The number of para-hydroxylation sites is 1. The summed E-state index contributed by atoms with van der Waals surface area (Å²) < 4.78 is 1.48. The topological polar surface area (TPSA) is 62.3 Å². The van der Waals surface area contributed by atoms with Crippen molar-refractivity contribution in [1.29, 1.82) is 0 Å². The normalized spacial score (nSPS) is 15.8. The van der Waals surface area contributed by atoms with E-state index in [-0.39, 0.29) is 24.8 Å². The number of amides is 2. The van der Waals surface area contributed by atoms with Crippen LogP contribution in [-0.4, -0.2) is 32.6 Å². The Hall–Kier alpha value is -2.81. The lowest BCUT2D eigenvalue weighted by Crippen LogP contribution is -2.31. The molecule has 2 aromatic carbocycles. The maximum absolute atomic E-state index is 12.8. The van der Waals surface area contributed by atoms with Crippen molar-refractivity contribution in [3.8, 4) is 0 Å². The van der Waals surface area contributed by atoms with E-state index in [9.17, 15) is 9.59 Å². The highest BCUT2D eigenvalue weighted by atomic mass is 32.2. The van der Waals surface area contributed by atoms with E-state index in [0.717, 1.165) is 21.4 Å². The lowest BCUT2D eigenvalue weighted by Gasteiger charge is -2.13. The summed E-state index contributed by atoms with van der Waals surface area (Å²) in [5.74, 6) is -0.360. The van der Waals surface area contributed by atoms with Gasteiger partial charge in [0.05, 0.1) is 15.1 Å². The molecule has 5 nitrogen and oxygen atoms in total. The maximum Gasteiger partial charge on any atom is 0.266 e. The Bertz CT molecular complexity index is 1180. The molecule has 0 radical (unpaired) electrons. The lowest BCUT2D eigenvalue weighted by molar-refractivity contribution is -0.122. The van der Waals surface area contributed by atoms with Crippen LogP contribution < -0.4 is 5.32 Å². The number of aromatic nitrogens is 1. The summed E-state index contributed by atoms with van der Waals surface area (Å²) in [6, 6.07) is 17.6. The van der Waals surface area contributed by atoms with E-state index in [1.165, 1.54) is 28.0 Å². The van der Waals surface area contributed by atoms with Gasteiger partial charge < -0.3 is 5.32 Å². The third-order valence-corrected chi connectivity index (χ3v) is 6.86. The predicted octanol–water partition coefficient (Wildman–Crippen LogP) is 5.47. The molecular weight excluding hydrogens is 446 g/mol. The van der Waals surface area contributed by atoms with Crippen LogP contribution in [0.2, 0.25) is 0 Å². The number of carbonyl (C=O) groups excluding carboxylic acids is 2. The standard InChI is InChI=1S/C23H19N3O2S3/c1-15(13-16-7-3-2-4-8-16)14-19-21(28)26(23(29)31-19)12-11-20(27)25-22-24-17-9-5-6-10-18(17)30-22/h2-10,13-14H,11-12H2,1H3,(H,24,25,27)/b15-13+,19-14-. The molecule has 0 spiro atoms. The highest BCUT2D eigenvalue weighted by molar-refractivity contribution is 8.26. The first-order valence-corrected chi connectivity index (χ1v) is 11.7. The summed E-state index contributed by atoms with van der Waals surface area (Å²) in [7, 11) is 0. The van der Waals surface area contributed by atoms with Crippen LogP contribution in [0.25, 0.3) is 16.3 Å². The molecule has 1 N–H and O–H groups in total. The van der Waals surface area contributed by atoms with Gasteiger partial charge in [0.15, 0.2) is 5.13 Å². The first-order chi connectivity index (χ1) is 15.0. The summed E-state index contributed by atoms with van der Waals surface area (Å²) in [6.07, 6.45) is 4.00. The van der Waals surface area contributed by atoms with Gasteiger partial charge in [-0.15, -0.1) is 0 Å². The van der Waals surface area contributed by atoms with Gasteiger partial charge in [0, 0.05) is 13.0 Å². The molecule has 4 rings (SSSR count). The molecule has 1 aliphatic rings. The average molecular weight is 466 g/mol. The number of thiazole rings is 1. The summed E-state index contributed by atoms with van der Waals surface area (Å²) >= 11 is 8.06. The van der Waals surface area contributed by atoms with Gasteiger partial charge in [0.25, 0.3) is 5.91 Å². The second-order valence-electron chi connectivity index (χ2n) is 6.92. The Kier molecular flexibility index (Phi) is 6.60. The Morgan fingerprint density at radius 3 is 2.68 bits per heavy atom. The number of anilines is 1. The molecule has 3 aromatic rings. The molecule has 8 heteroatoms. The number of carbonyl (C=O) groups is 2. The molecule has 0 aliphatic carbocycles. The maximum atomic E-state index is 12.8. The van der Waals surface area contributed by atoms with Crippen molar-refractivity contribution in [2.75, 3.05) is 11.9 Å². The van der Waals surface area contributed by atoms with Gasteiger partial charge in [-0.3, -0.25) is 14.5 Å². The van der Waals surface area contributed by atoms with E-state index in [1.807, 2.05) is 73.7 Å². The zero-order valence-corrected chi connectivity index (χ0v) is 19.2. The largest absolute Gasteiger partial charge is 0.302 e. The van der Waals surface area contributed by atoms with Gasteiger partial charge in [-0.2, -0.15) is 0 Å². The third-order valence-electron chi connectivity index (χ3n) is 4.53. The Balaban J connectivity index is 1.36. The van der Waals surface area contributed by atoms with Crippen molar-refractivity contribution in [3.05, 3.63) is 76.7 Å². The number of rotatable bonds is 6. The number of hydrogen-bond donors (Lipinski definition) is 1. The van der Waals surface area contributed by atoms with E-state index in [0.29, 0.717) is 14.4 Å². The third kappa shape index (κ3) is 5.28. The van der Waals surface area contributed by atoms with Gasteiger partial charge in [-0.1, -0.05) is 83.9 Å². The molecule has 0 unspecified atom stereocenters. The second-order valence-corrected chi connectivity index (χ2v) is 9.62. The first-order valence-electron chi connectivity index (χ1n) is 9.64. The SMILES string of the molecule is CC(/C=C1\SC(=S)N(CCC(=O)Nc2nc3ccccc3s2)C1=O)=C\c1ccccc1. The Labute approximate surface area is 193 Å². The predicted molar refractivity (Wildman–Crippen MR) is 133 cm³/mol. The molecule has 1 fully saturated rings. The van der Waals surface area contributed by atoms with Gasteiger partial charge in [0.1, 0.15) is 4.32 Å². The summed E-state index contributed by atoms with van der Waals surface area (Å²) in [6.45, 7) is 2.19. The molecule has 0 bridgehead atoms. The minimum absolute atomic E-state index is 0.147. The molecule has 0 atom stereocenters. The second kappa shape index (κ2) is 9.55. The zero-order chi connectivity index (χ0) is 21.8. The van der Waals surface area contributed by atoms with Gasteiger partial charge >= 0.3 is 0 Å². The fraction of sp³-hybridized carbons (Fsp3) is 0.130. The summed E-state index contributed by atoms with van der Waals surface area (Å²) in [4.78, 5) is 31.6. The lowest BCUT2D eigenvalue weighted by atomic mass is 10.1. The smallest absolute Gasteiger partial charge is 0.266 e. The minimum Gasteiger partial charge on any atom is -0.302 e.